The molecule has 1 aromatic heterocycles. The Morgan fingerprint density at radius 3 is 2.86 bits per heavy atom. The van der Waals surface area contributed by atoms with Crippen LogP contribution in [0.15, 0.2) is 6.07 Å². The summed E-state index contributed by atoms with van der Waals surface area (Å²) < 4.78 is 5.31. The number of nitrogens with zero attached hydrogens (tertiary/aromatic N) is 2. The zero-order valence-corrected chi connectivity index (χ0v) is 8.92. The third kappa shape index (κ3) is 1.98. The molecule has 0 radical (unpaired) electrons. The van der Waals surface area contributed by atoms with Crippen molar-refractivity contribution >= 4 is 11.6 Å². The van der Waals surface area contributed by atoms with Crippen molar-refractivity contribution in [1.29, 1.82) is 0 Å². The van der Waals surface area contributed by atoms with Gasteiger partial charge in [0.15, 0.2) is 0 Å². The summed E-state index contributed by atoms with van der Waals surface area (Å²) in [4.78, 5) is 8.21. The van der Waals surface area contributed by atoms with E-state index < -0.39 is 0 Å². The van der Waals surface area contributed by atoms with Crippen LogP contribution in [-0.2, 0) is 0 Å². The van der Waals surface area contributed by atoms with Gasteiger partial charge in [0.2, 0.25) is 11.2 Å². The van der Waals surface area contributed by atoms with Crippen molar-refractivity contribution in [2.45, 2.75) is 32.1 Å². The fourth-order valence-electron chi connectivity index (χ4n) is 1.55. The van der Waals surface area contributed by atoms with Crippen LogP contribution < -0.4 is 4.74 Å². The Bertz CT molecular complexity index is 326. The van der Waals surface area contributed by atoms with Gasteiger partial charge in [0.05, 0.1) is 12.3 Å². The molecule has 14 heavy (non-hydrogen) atoms. The van der Waals surface area contributed by atoms with Gasteiger partial charge in [0.1, 0.15) is 0 Å². The lowest BCUT2D eigenvalue weighted by atomic mass is 9.83. The zero-order valence-electron chi connectivity index (χ0n) is 8.16. The summed E-state index contributed by atoms with van der Waals surface area (Å²) in [6.07, 6.45) is 3.70. The van der Waals surface area contributed by atoms with Gasteiger partial charge < -0.3 is 4.74 Å². The smallest absolute Gasteiger partial charge is 0.225 e. The summed E-state index contributed by atoms with van der Waals surface area (Å²) >= 11 is 5.81. The summed E-state index contributed by atoms with van der Waals surface area (Å²) in [5.41, 5.74) is 1.03. The lowest BCUT2D eigenvalue weighted by molar-refractivity contribution is 0.323. The molecule has 0 aliphatic heterocycles. The maximum atomic E-state index is 5.81. The Hall–Kier alpha value is -0.830. The molecule has 0 saturated heterocycles. The molecule has 0 unspecified atom stereocenters. The molecular weight excluding hydrogens is 200 g/mol. The minimum Gasteiger partial charge on any atom is -0.478 e. The van der Waals surface area contributed by atoms with Gasteiger partial charge in [-0.3, -0.25) is 0 Å². The van der Waals surface area contributed by atoms with E-state index in [4.69, 9.17) is 16.3 Å². The second-order valence-corrected chi connectivity index (χ2v) is 3.80. The normalized spacial score (nSPS) is 16.4. The summed E-state index contributed by atoms with van der Waals surface area (Å²) in [6.45, 7) is 2.54. The Balaban J connectivity index is 2.21. The Labute approximate surface area is 88.5 Å². The third-order valence-corrected chi connectivity index (χ3v) is 2.68. The van der Waals surface area contributed by atoms with E-state index in [1.54, 1.807) is 0 Å². The quantitative estimate of drug-likeness (QED) is 0.723. The number of hydrogen-bond donors (Lipinski definition) is 0. The first-order chi connectivity index (χ1) is 6.79. The van der Waals surface area contributed by atoms with E-state index in [-0.39, 0.29) is 5.28 Å². The lowest BCUT2D eigenvalue weighted by Gasteiger charge is -2.24. The summed E-state index contributed by atoms with van der Waals surface area (Å²) in [6, 6.07) is 1.90. The molecule has 0 atom stereocenters. The van der Waals surface area contributed by atoms with Crippen molar-refractivity contribution in [3.05, 3.63) is 17.0 Å². The van der Waals surface area contributed by atoms with Crippen molar-refractivity contribution in [2.24, 2.45) is 0 Å². The molecule has 0 N–H and O–H groups in total. The first-order valence-electron chi connectivity index (χ1n) is 4.97. The fourth-order valence-corrected chi connectivity index (χ4v) is 1.73. The predicted molar refractivity (Wildman–Crippen MR) is 54.8 cm³/mol. The van der Waals surface area contributed by atoms with Gasteiger partial charge in [-0.2, -0.15) is 4.98 Å². The molecule has 1 aliphatic rings. The van der Waals surface area contributed by atoms with Gasteiger partial charge in [-0.1, -0.05) is 6.42 Å². The molecule has 76 valence electrons. The summed E-state index contributed by atoms with van der Waals surface area (Å²) in [5.74, 6) is 1.16. The van der Waals surface area contributed by atoms with Crippen LogP contribution in [0.2, 0.25) is 5.28 Å². The molecule has 1 heterocycles. The molecule has 0 spiro atoms. The van der Waals surface area contributed by atoms with Crippen molar-refractivity contribution in [3.63, 3.8) is 0 Å². The average Bonchev–Trinajstić information content (AvgIpc) is 1.99. The van der Waals surface area contributed by atoms with Crippen LogP contribution in [0.3, 0.4) is 0 Å². The van der Waals surface area contributed by atoms with Crippen LogP contribution in [0.25, 0.3) is 0 Å². The Morgan fingerprint density at radius 1 is 1.50 bits per heavy atom. The topological polar surface area (TPSA) is 35.0 Å². The van der Waals surface area contributed by atoms with Crippen LogP contribution >= 0.6 is 11.6 Å². The molecule has 1 saturated carbocycles. The molecule has 4 heteroatoms. The SMILES string of the molecule is CCOc1cc(C2CCC2)nc(Cl)n1. The summed E-state index contributed by atoms with van der Waals surface area (Å²) in [5, 5.41) is 0.290. The van der Waals surface area contributed by atoms with Gasteiger partial charge in [0, 0.05) is 12.0 Å². The van der Waals surface area contributed by atoms with Crippen LogP contribution in [0.5, 0.6) is 5.88 Å². The number of aromatic nitrogens is 2. The minimum absolute atomic E-state index is 0.290. The van der Waals surface area contributed by atoms with Gasteiger partial charge in [0.25, 0.3) is 0 Å². The highest BCUT2D eigenvalue weighted by molar-refractivity contribution is 6.28. The molecule has 2 rings (SSSR count). The van der Waals surface area contributed by atoms with E-state index in [9.17, 15) is 0 Å². The molecule has 0 bridgehead atoms. The predicted octanol–water partition coefficient (Wildman–Crippen LogP) is 2.80. The number of ether oxygens (including phenoxy) is 1. The van der Waals surface area contributed by atoms with E-state index >= 15 is 0 Å². The number of rotatable bonds is 3. The van der Waals surface area contributed by atoms with Crippen molar-refractivity contribution in [1.82, 2.24) is 9.97 Å². The van der Waals surface area contributed by atoms with Crippen LogP contribution in [0.1, 0.15) is 37.8 Å². The van der Waals surface area contributed by atoms with Crippen molar-refractivity contribution in [3.8, 4) is 5.88 Å². The summed E-state index contributed by atoms with van der Waals surface area (Å²) in [7, 11) is 0. The van der Waals surface area contributed by atoms with E-state index in [2.05, 4.69) is 9.97 Å². The Morgan fingerprint density at radius 2 is 2.29 bits per heavy atom. The van der Waals surface area contributed by atoms with Crippen molar-refractivity contribution < 1.29 is 4.74 Å². The van der Waals surface area contributed by atoms with E-state index in [1.807, 2.05) is 13.0 Å². The van der Waals surface area contributed by atoms with E-state index in [1.165, 1.54) is 19.3 Å². The van der Waals surface area contributed by atoms with Gasteiger partial charge in [-0.25, -0.2) is 4.98 Å². The molecule has 1 fully saturated rings. The number of halogens is 1. The van der Waals surface area contributed by atoms with Gasteiger partial charge >= 0.3 is 0 Å². The fraction of sp³-hybridized carbons (Fsp3) is 0.600. The first kappa shape index (κ1) is 9.71. The standard InChI is InChI=1S/C10H13ClN2O/c1-2-14-9-6-8(7-4-3-5-7)12-10(11)13-9/h6-7H,2-5H2,1H3. The zero-order chi connectivity index (χ0) is 9.97. The highest BCUT2D eigenvalue weighted by Gasteiger charge is 2.22. The maximum Gasteiger partial charge on any atom is 0.225 e. The second kappa shape index (κ2) is 4.13. The minimum atomic E-state index is 0.290. The van der Waals surface area contributed by atoms with Gasteiger partial charge in [-0.05, 0) is 31.4 Å². The maximum absolute atomic E-state index is 5.81. The molecule has 3 nitrogen and oxygen atoms in total. The monoisotopic (exact) mass is 212 g/mol. The lowest BCUT2D eigenvalue weighted by Crippen LogP contribution is -2.11. The van der Waals surface area contributed by atoms with Gasteiger partial charge in [-0.15, -0.1) is 0 Å². The molecule has 1 aromatic rings. The Kier molecular flexibility index (Phi) is 2.87. The van der Waals surface area contributed by atoms with E-state index in [0.717, 1.165) is 5.69 Å². The molecule has 0 aromatic carbocycles. The molecule has 0 amide bonds. The van der Waals surface area contributed by atoms with Crippen molar-refractivity contribution in [2.75, 3.05) is 6.61 Å². The van der Waals surface area contributed by atoms with Crippen LogP contribution in [0.4, 0.5) is 0 Å². The largest absolute Gasteiger partial charge is 0.478 e. The second-order valence-electron chi connectivity index (χ2n) is 3.46. The molecule has 1 aliphatic carbocycles. The first-order valence-corrected chi connectivity index (χ1v) is 5.34. The van der Waals surface area contributed by atoms with Crippen LogP contribution in [-0.4, -0.2) is 16.6 Å². The number of hydrogen-bond acceptors (Lipinski definition) is 3. The third-order valence-electron chi connectivity index (χ3n) is 2.51. The highest BCUT2D eigenvalue weighted by atomic mass is 35.5. The molecular formula is C10H13ClN2O. The highest BCUT2D eigenvalue weighted by Crippen LogP contribution is 2.36. The average molecular weight is 213 g/mol. The van der Waals surface area contributed by atoms with Crippen LogP contribution in [0, 0.1) is 0 Å². The van der Waals surface area contributed by atoms with E-state index in [0.29, 0.717) is 18.4 Å².